The SMILES string of the molecule is C(C[N+]12CCC(CC1)CC2)OCC[N+]12CCC(CC1)CC2. The summed E-state index contributed by atoms with van der Waals surface area (Å²) in [6, 6.07) is 0. The van der Waals surface area contributed by atoms with Crippen LogP contribution >= 0.6 is 0 Å². The summed E-state index contributed by atoms with van der Waals surface area (Å²) in [6.07, 6.45) is 8.92. The molecule has 6 saturated heterocycles. The normalized spacial score (nSPS) is 45.1. The molecule has 6 rings (SSSR count). The van der Waals surface area contributed by atoms with Gasteiger partial charge in [0.15, 0.2) is 0 Å². The summed E-state index contributed by atoms with van der Waals surface area (Å²) >= 11 is 0. The number of fused-ring (bicyclic) bond motifs is 6. The van der Waals surface area contributed by atoms with E-state index in [4.69, 9.17) is 4.74 Å². The Kier molecular flexibility index (Phi) is 4.01. The highest BCUT2D eigenvalue weighted by Gasteiger charge is 2.40. The second-order valence-corrected chi connectivity index (χ2v) is 8.55. The summed E-state index contributed by atoms with van der Waals surface area (Å²) in [5.74, 6) is 2.15. The second-order valence-electron chi connectivity index (χ2n) is 8.55. The summed E-state index contributed by atoms with van der Waals surface area (Å²) in [4.78, 5) is 0. The maximum absolute atomic E-state index is 6.10. The van der Waals surface area contributed by atoms with Crippen molar-refractivity contribution in [1.29, 1.82) is 0 Å². The zero-order valence-corrected chi connectivity index (χ0v) is 13.8. The lowest BCUT2D eigenvalue weighted by molar-refractivity contribution is -0.945. The van der Waals surface area contributed by atoms with E-state index in [1.54, 1.807) is 0 Å². The highest BCUT2D eigenvalue weighted by molar-refractivity contribution is 4.72. The van der Waals surface area contributed by atoms with Crippen LogP contribution < -0.4 is 0 Å². The number of ether oxygens (including phenoxy) is 1. The molecule has 0 spiro atoms. The van der Waals surface area contributed by atoms with E-state index in [0.29, 0.717) is 0 Å². The van der Waals surface area contributed by atoms with Crippen LogP contribution in [0.3, 0.4) is 0 Å². The Hall–Kier alpha value is -0.120. The fraction of sp³-hybridized carbons (Fsp3) is 1.00. The van der Waals surface area contributed by atoms with Crippen molar-refractivity contribution in [3.63, 3.8) is 0 Å². The highest BCUT2D eigenvalue weighted by Crippen LogP contribution is 2.34. The van der Waals surface area contributed by atoms with Crippen LogP contribution in [0, 0.1) is 11.8 Å². The maximum Gasteiger partial charge on any atom is 0.102 e. The van der Waals surface area contributed by atoms with Crippen LogP contribution in [0.15, 0.2) is 0 Å². The molecule has 21 heavy (non-hydrogen) atoms. The molecule has 0 N–H and O–H groups in total. The number of piperidine rings is 6. The standard InChI is InChI=1S/C18H34N2O/c1-7-19(8-2-17(1)3-9-19)13-15-21-16-14-20-10-4-18(5-11-20)6-12-20/h17-18H,1-16H2/q+2. The Bertz CT molecular complexity index is 293. The van der Waals surface area contributed by atoms with Crippen LogP contribution in [-0.2, 0) is 4.74 Å². The maximum atomic E-state index is 6.10. The van der Waals surface area contributed by atoms with Gasteiger partial charge >= 0.3 is 0 Å². The molecule has 3 nitrogen and oxygen atoms in total. The molecule has 0 aromatic heterocycles. The van der Waals surface area contributed by atoms with E-state index in [1.165, 1.54) is 99.8 Å². The first-order valence-corrected chi connectivity index (χ1v) is 9.56. The van der Waals surface area contributed by atoms with Gasteiger partial charge < -0.3 is 13.7 Å². The summed E-state index contributed by atoms with van der Waals surface area (Å²) in [5, 5.41) is 0. The molecule has 0 aromatic carbocycles. The molecule has 0 radical (unpaired) electrons. The molecule has 6 fully saturated rings. The smallest absolute Gasteiger partial charge is 0.102 e. The third-order valence-electron chi connectivity index (χ3n) is 7.49. The van der Waals surface area contributed by atoms with E-state index < -0.39 is 0 Å². The molecule has 0 saturated carbocycles. The molecule has 0 amide bonds. The molecule has 0 aromatic rings. The summed E-state index contributed by atoms with van der Waals surface area (Å²) < 4.78 is 8.87. The van der Waals surface area contributed by atoms with Gasteiger partial charge in [-0.1, -0.05) is 0 Å². The van der Waals surface area contributed by atoms with E-state index in [9.17, 15) is 0 Å². The molecule has 6 aliphatic rings. The van der Waals surface area contributed by atoms with Gasteiger partial charge in [0.1, 0.15) is 13.1 Å². The minimum absolute atomic E-state index is 1.01. The number of rotatable bonds is 6. The van der Waals surface area contributed by atoms with Gasteiger partial charge in [-0.3, -0.25) is 0 Å². The third-order valence-corrected chi connectivity index (χ3v) is 7.49. The first-order valence-electron chi connectivity index (χ1n) is 9.56. The second kappa shape index (κ2) is 5.82. The molecule has 3 heteroatoms. The van der Waals surface area contributed by atoms with Crippen LogP contribution in [0.4, 0.5) is 0 Å². The van der Waals surface area contributed by atoms with Crippen molar-refractivity contribution in [3.05, 3.63) is 0 Å². The summed E-state index contributed by atoms with van der Waals surface area (Å²) in [7, 11) is 0. The fourth-order valence-corrected chi connectivity index (χ4v) is 5.56. The summed E-state index contributed by atoms with van der Waals surface area (Å²) in [5.41, 5.74) is 0. The average molecular weight is 294 g/mol. The molecule has 6 aliphatic heterocycles. The Morgan fingerprint density at radius 3 is 1.24 bits per heavy atom. The minimum atomic E-state index is 1.01. The van der Waals surface area contributed by atoms with E-state index in [1.807, 2.05) is 0 Å². The quantitative estimate of drug-likeness (QED) is 0.539. The number of hydrogen-bond acceptors (Lipinski definition) is 1. The molecule has 6 heterocycles. The minimum Gasteiger partial charge on any atom is -0.370 e. The van der Waals surface area contributed by atoms with Crippen LogP contribution in [0.1, 0.15) is 38.5 Å². The van der Waals surface area contributed by atoms with E-state index in [2.05, 4.69) is 0 Å². The molecule has 4 bridgehead atoms. The molecule has 0 unspecified atom stereocenters. The van der Waals surface area contributed by atoms with E-state index >= 15 is 0 Å². The highest BCUT2D eigenvalue weighted by atomic mass is 16.5. The van der Waals surface area contributed by atoms with Crippen LogP contribution in [0.5, 0.6) is 0 Å². The Balaban J connectivity index is 1.17. The number of quaternary nitrogens is 2. The van der Waals surface area contributed by atoms with Crippen LogP contribution in [-0.4, -0.2) is 74.5 Å². The first-order chi connectivity index (χ1) is 10.3. The zero-order chi connectivity index (χ0) is 14.2. The van der Waals surface area contributed by atoms with Crippen molar-refractivity contribution >= 4 is 0 Å². The zero-order valence-electron chi connectivity index (χ0n) is 13.8. The van der Waals surface area contributed by atoms with Gasteiger partial charge in [-0.2, -0.15) is 0 Å². The van der Waals surface area contributed by atoms with Crippen molar-refractivity contribution < 1.29 is 13.7 Å². The predicted molar refractivity (Wildman–Crippen MR) is 85.0 cm³/mol. The molecule has 0 aliphatic carbocycles. The van der Waals surface area contributed by atoms with Crippen molar-refractivity contribution in [1.82, 2.24) is 0 Å². The van der Waals surface area contributed by atoms with Crippen molar-refractivity contribution in [2.75, 3.05) is 65.6 Å². The van der Waals surface area contributed by atoms with Crippen molar-refractivity contribution in [2.45, 2.75) is 38.5 Å². The van der Waals surface area contributed by atoms with Crippen LogP contribution in [0.2, 0.25) is 0 Å². The number of hydrogen-bond donors (Lipinski definition) is 0. The largest absolute Gasteiger partial charge is 0.370 e. The van der Waals surface area contributed by atoms with Gasteiger partial charge in [0, 0.05) is 0 Å². The van der Waals surface area contributed by atoms with Gasteiger partial charge in [0.25, 0.3) is 0 Å². The van der Waals surface area contributed by atoms with Crippen LogP contribution in [0.25, 0.3) is 0 Å². The summed E-state index contributed by atoms with van der Waals surface area (Å²) in [6.45, 7) is 13.2. The molecule has 0 atom stereocenters. The monoisotopic (exact) mass is 294 g/mol. The Morgan fingerprint density at radius 1 is 0.571 bits per heavy atom. The van der Waals surface area contributed by atoms with Crippen molar-refractivity contribution in [3.8, 4) is 0 Å². The topological polar surface area (TPSA) is 9.23 Å². The lowest BCUT2D eigenvalue weighted by Crippen LogP contribution is -2.60. The molecular weight excluding hydrogens is 260 g/mol. The van der Waals surface area contributed by atoms with E-state index in [-0.39, 0.29) is 0 Å². The average Bonchev–Trinajstić information content (AvgIpc) is 2.58. The first kappa shape index (κ1) is 14.5. The fourth-order valence-electron chi connectivity index (χ4n) is 5.56. The Labute approximate surface area is 130 Å². The van der Waals surface area contributed by atoms with Gasteiger partial charge in [-0.05, 0) is 50.4 Å². The van der Waals surface area contributed by atoms with Gasteiger partial charge in [-0.25, -0.2) is 0 Å². The molecule has 120 valence electrons. The lowest BCUT2D eigenvalue weighted by atomic mass is 9.86. The van der Waals surface area contributed by atoms with E-state index in [0.717, 1.165) is 25.0 Å². The van der Waals surface area contributed by atoms with Gasteiger partial charge in [0.2, 0.25) is 0 Å². The Morgan fingerprint density at radius 2 is 0.905 bits per heavy atom. The number of nitrogens with zero attached hydrogens (tertiary/aromatic N) is 2. The van der Waals surface area contributed by atoms with Gasteiger partial charge in [0.05, 0.1) is 52.5 Å². The lowest BCUT2D eigenvalue weighted by Gasteiger charge is -2.49. The van der Waals surface area contributed by atoms with Crippen molar-refractivity contribution in [2.24, 2.45) is 11.8 Å². The molecular formula is C18H34N2O+2. The predicted octanol–water partition coefficient (Wildman–Crippen LogP) is 2.26. The van der Waals surface area contributed by atoms with Gasteiger partial charge in [-0.15, -0.1) is 0 Å². The third kappa shape index (κ3) is 3.02.